The molecule has 0 saturated carbocycles. The summed E-state index contributed by atoms with van der Waals surface area (Å²) in [6, 6.07) is 13.7. The van der Waals surface area contributed by atoms with Crippen LogP contribution in [0.15, 0.2) is 48.7 Å². The normalized spacial score (nSPS) is 12.1. The van der Waals surface area contributed by atoms with Gasteiger partial charge in [0, 0.05) is 30.7 Å². The molecule has 1 aromatic carbocycles. The van der Waals surface area contributed by atoms with E-state index in [0.717, 1.165) is 46.7 Å². The van der Waals surface area contributed by atoms with Crippen molar-refractivity contribution in [3.05, 3.63) is 48.7 Å². The Morgan fingerprint density at radius 3 is 2.78 bits per heavy atom. The number of aromatic nitrogens is 2. The fourth-order valence-corrected chi connectivity index (χ4v) is 2.74. The Kier molecular flexibility index (Phi) is 6.57. The van der Waals surface area contributed by atoms with Gasteiger partial charge in [-0.15, -0.1) is 0 Å². The maximum Gasteiger partial charge on any atom is 0.125 e. The number of ether oxygens (including phenoxy) is 1. The summed E-state index contributed by atoms with van der Waals surface area (Å²) in [6.45, 7) is 3.79. The molecule has 0 amide bonds. The van der Waals surface area contributed by atoms with Gasteiger partial charge in [-0.3, -0.25) is 0 Å². The van der Waals surface area contributed by atoms with E-state index in [4.69, 9.17) is 9.72 Å². The molecule has 1 unspecified atom stereocenters. The van der Waals surface area contributed by atoms with Gasteiger partial charge in [0.2, 0.25) is 0 Å². The number of hydrogen-bond acceptors (Lipinski definition) is 6. The third kappa shape index (κ3) is 5.15. The van der Waals surface area contributed by atoms with E-state index >= 15 is 0 Å². The van der Waals surface area contributed by atoms with Gasteiger partial charge in [0.15, 0.2) is 0 Å². The number of aliphatic hydroxyl groups is 1. The Bertz CT molecular complexity index is 868. The van der Waals surface area contributed by atoms with E-state index < -0.39 is 6.10 Å². The number of fused-ring (bicyclic) bond motifs is 1. The number of hydrogen-bond donors (Lipinski definition) is 3. The third-order valence-corrected chi connectivity index (χ3v) is 4.23. The quantitative estimate of drug-likeness (QED) is 0.505. The van der Waals surface area contributed by atoms with Crippen LogP contribution in [0.5, 0.6) is 5.75 Å². The van der Waals surface area contributed by atoms with Gasteiger partial charge in [-0.1, -0.05) is 13.0 Å². The first-order chi connectivity index (χ1) is 13.2. The highest BCUT2D eigenvalue weighted by atomic mass is 16.5. The largest absolute Gasteiger partial charge is 0.491 e. The van der Waals surface area contributed by atoms with E-state index in [0.29, 0.717) is 6.54 Å². The molecule has 3 N–H and O–H groups in total. The van der Waals surface area contributed by atoms with Gasteiger partial charge in [-0.2, -0.15) is 0 Å². The van der Waals surface area contributed by atoms with Gasteiger partial charge in [0.25, 0.3) is 0 Å². The van der Waals surface area contributed by atoms with Crippen LogP contribution >= 0.6 is 0 Å². The molecular formula is C21H26N4O2. The summed E-state index contributed by atoms with van der Waals surface area (Å²) in [5.41, 5.74) is 2.74. The zero-order chi connectivity index (χ0) is 19.1. The molecule has 0 bridgehead atoms. The average molecular weight is 366 g/mol. The number of anilines is 1. The van der Waals surface area contributed by atoms with Crippen LogP contribution in [0.1, 0.15) is 13.3 Å². The van der Waals surface area contributed by atoms with Crippen molar-refractivity contribution in [1.82, 2.24) is 15.3 Å². The molecule has 27 heavy (non-hydrogen) atoms. The molecule has 142 valence electrons. The van der Waals surface area contributed by atoms with Crippen molar-refractivity contribution in [2.75, 3.05) is 32.1 Å². The zero-order valence-corrected chi connectivity index (χ0v) is 15.8. The summed E-state index contributed by atoms with van der Waals surface area (Å²) in [7, 11) is 1.84. The second-order valence-corrected chi connectivity index (χ2v) is 6.40. The van der Waals surface area contributed by atoms with E-state index in [1.54, 1.807) is 0 Å². The zero-order valence-electron chi connectivity index (χ0n) is 15.8. The Hall–Kier alpha value is -2.70. The maximum absolute atomic E-state index is 9.94. The molecule has 2 aromatic heterocycles. The van der Waals surface area contributed by atoms with Gasteiger partial charge >= 0.3 is 0 Å². The number of rotatable bonds is 9. The first-order valence-corrected chi connectivity index (χ1v) is 9.26. The molecule has 0 spiro atoms. The lowest BCUT2D eigenvalue weighted by molar-refractivity contribution is 0.106. The van der Waals surface area contributed by atoms with Crippen molar-refractivity contribution in [1.29, 1.82) is 0 Å². The summed E-state index contributed by atoms with van der Waals surface area (Å²) in [6.07, 6.45) is 2.33. The molecule has 0 aliphatic rings. The predicted octanol–water partition coefficient (Wildman–Crippen LogP) is 3.08. The fraction of sp³-hybridized carbons (Fsp3) is 0.333. The number of benzene rings is 1. The van der Waals surface area contributed by atoms with Crippen molar-refractivity contribution < 1.29 is 9.84 Å². The first kappa shape index (κ1) is 19.1. The minimum absolute atomic E-state index is 0.261. The Balaban J connectivity index is 1.67. The van der Waals surface area contributed by atoms with Gasteiger partial charge < -0.3 is 20.5 Å². The molecule has 0 saturated heterocycles. The highest BCUT2D eigenvalue weighted by Crippen LogP contribution is 2.24. The first-order valence-electron chi connectivity index (χ1n) is 9.26. The average Bonchev–Trinajstić information content (AvgIpc) is 2.72. The minimum Gasteiger partial charge on any atom is -0.491 e. The lowest BCUT2D eigenvalue weighted by atomic mass is 10.1. The molecule has 0 fully saturated rings. The molecule has 3 aromatic rings. The highest BCUT2D eigenvalue weighted by Gasteiger charge is 2.07. The van der Waals surface area contributed by atoms with Gasteiger partial charge in [-0.05, 0) is 49.4 Å². The van der Waals surface area contributed by atoms with Crippen LogP contribution in [0, 0.1) is 0 Å². The summed E-state index contributed by atoms with van der Waals surface area (Å²) >= 11 is 0. The van der Waals surface area contributed by atoms with Gasteiger partial charge in [-0.25, -0.2) is 9.97 Å². The molecule has 2 heterocycles. The highest BCUT2D eigenvalue weighted by molar-refractivity contribution is 5.82. The van der Waals surface area contributed by atoms with Crippen molar-refractivity contribution in [2.24, 2.45) is 0 Å². The van der Waals surface area contributed by atoms with Crippen LogP contribution in [0.25, 0.3) is 22.2 Å². The van der Waals surface area contributed by atoms with Crippen LogP contribution < -0.4 is 15.4 Å². The van der Waals surface area contributed by atoms with E-state index in [1.165, 1.54) is 0 Å². The number of aliphatic hydroxyl groups excluding tert-OH is 1. The molecular weight excluding hydrogens is 340 g/mol. The van der Waals surface area contributed by atoms with Gasteiger partial charge in [0.05, 0.1) is 11.2 Å². The molecule has 6 heteroatoms. The summed E-state index contributed by atoms with van der Waals surface area (Å²) in [4.78, 5) is 9.05. The Morgan fingerprint density at radius 2 is 2.04 bits per heavy atom. The van der Waals surface area contributed by atoms with E-state index in [9.17, 15) is 5.11 Å². The van der Waals surface area contributed by atoms with Crippen LogP contribution in [0.4, 0.5) is 5.82 Å². The second kappa shape index (κ2) is 9.30. The molecule has 0 aliphatic carbocycles. The maximum atomic E-state index is 9.94. The minimum atomic E-state index is -0.527. The van der Waals surface area contributed by atoms with E-state index in [-0.39, 0.29) is 6.61 Å². The number of pyridine rings is 2. The molecule has 3 rings (SSSR count). The van der Waals surface area contributed by atoms with E-state index in [1.807, 2.05) is 55.7 Å². The molecule has 1 atom stereocenters. The second-order valence-electron chi connectivity index (χ2n) is 6.40. The number of nitrogens with zero attached hydrogens (tertiary/aromatic N) is 2. The molecule has 0 aliphatic heterocycles. The van der Waals surface area contributed by atoms with Crippen LogP contribution in [0.2, 0.25) is 0 Å². The van der Waals surface area contributed by atoms with Crippen molar-refractivity contribution in [3.8, 4) is 17.0 Å². The van der Waals surface area contributed by atoms with Crippen LogP contribution in [0.3, 0.4) is 0 Å². The summed E-state index contributed by atoms with van der Waals surface area (Å²) in [5, 5.41) is 17.1. The smallest absolute Gasteiger partial charge is 0.125 e. The van der Waals surface area contributed by atoms with Crippen LogP contribution in [-0.4, -0.2) is 47.9 Å². The molecule has 6 nitrogen and oxygen atoms in total. The monoisotopic (exact) mass is 366 g/mol. The lowest BCUT2D eigenvalue weighted by Gasteiger charge is -2.13. The summed E-state index contributed by atoms with van der Waals surface area (Å²) < 4.78 is 5.71. The number of nitrogens with one attached hydrogen (secondary N) is 2. The summed E-state index contributed by atoms with van der Waals surface area (Å²) in [5.74, 6) is 1.56. The standard InChI is InChI=1S/C21H26N4O2/c1-3-10-23-13-17(26)14-27-18-6-8-19-15(11-18)4-7-20(25-19)16-5-9-21(22-2)24-12-16/h4-9,11-12,17,23,26H,3,10,13-14H2,1-2H3,(H,22,24). The Morgan fingerprint density at radius 1 is 1.15 bits per heavy atom. The third-order valence-electron chi connectivity index (χ3n) is 4.23. The van der Waals surface area contributed by atoms with Crippen LogP contribution in [-0.2, 0) is 0 Å². The Labute approximate surface area is 159 Å². The lowest BCUT2D eigenvalue weighted by Crippen LogP contribution is -2.31. The SMILES string of the molecule is CCCNCC(O)COc1ccc2nc(-c3ccc(NC)nc3)ccc2c1. The predicted molar refractivity (Wildman–Crippen MR) is 109 cm³/mol. The van der Waals surface area contributed by atoms with Gasteiger partial charge in [0.1, 0.15) is 24.3 Å². The van der Waals surface area contributed by atoms with E-state index in [2.05, 4.69) is 22.5 Å². The molecule has 0 radical (unpaired) electrons. The van der Waals surface area contributed by atoms with Crippen molar-refractivity contribution in [2.45, 2.75) is 19.4 Å². The fourth-order valence-electron chi connectivity index (χ4n) is 2.74. The van der Waals surface area contributed by atoms with Crippen molar-refractivity contribution in [3.63, 3.8) is 0 Å². The van der Waals surface area contributed by atoms with Crippen molar-refractivity contribution >= 4 is 16.7 Å². The topological polar surface area (TPSA) is 79.3 Å².